The molecule has 1 saturated carbocycles. The van der Waals surface area contributed by atoms with Gasteiger partial charge in [0.25, 0.3) is 0 Å². The minimum atomic E-state index is 0.586. The lowest BCUT2D eigenvalue weighted by molar-refractivity contribution is 0.364. The lowest BCUT2D eigenvalue weighted by Crippen LogP contribution is -2.29. The maximum absolute atomic E-state index is 3.69. The summed E-state index contributed by atoms with van der Waals surface area (Å²) in [5.74, 6) is 0. The van der Waals surface area contributed by atoms with Crippen LogP contribution in [-0.2, 0) is 0 Å². The van der Waals surface area contributed by atoms with Crippen LogP contribution in [0.2, 0.25) is 0 Å². The van der Waals surface area contributed by atoms with Gasteiger partial charge >= 0.3 is 0 Å². The van der Waals surface area contributed by atoms with Gasteiger partial charge in [-0.05, 0) is 43.9 Å². The Kier molecular flexibility index (Phi) is 4.78. The van der Waals surface area contributed by atoms with Crippen LogP contribution in [-0.4, -0.2) is 24.1 Å². The van der Waals surface area contributed by atoms with Gasteiger partial charge in [-0.1, -0.05) is 20.8 Å². The smallest absolute Gasteiger partial charge is 0.00723 e. The Morgan fingerprint density at radius 3 is 2.71 bits per heavy atom. The number of thioether (sulfide) groups is 1. The summed E-state index contributed by atoms with van der Waals surface area (Å²) in [4.78, 5) is 0. The summed E-state index contributed by atoms with van der Waals surface area (Å²) < 4.78 is 0. The highest BCUT2D eigenvalue weighted by Crippen LogP contribution is 2.36. The molecule has 0 radical (unpaired) electrons. The minimum Gasteiger partial charge on any atom is -0.314 e. The molecule has 2 heteroatoms. The first-order valence-corrected chi connectivity index (χ1v) is 7.08. The maximum Gasteiger partial charge on any atom is 0.00723 e. The van der Waals surface area contributed by atoms with E-state index >= 15 is 0 Å². The molecule has 1 fully saturated rings. The second kappa shape index (κ2) is 5.41. The Hall–Kier alpha value is 0.310. The van der Waals surface area contributed by atoms with Gasteiger partial charge in [0.15, 0.2) is 0 Å². The van der Waals surface area contributed by atoms with Crippen molar-refractivity contribution in [3.05, 3.63) is 0 Å². The van der Waals surface area contributed by atoms with Crippen LogP contribution < -0.4 is 5.32 Å². The molecular weight excluding hydrogens is 190 g/mol. The maximum atomic E-state index is 3.69. The molecule has 2 atom stereocenters. The predicted octanol–water partition coefficient (Wildman–Crippen LogP) is 3.30. The van der Waals surface area contributed by atoms with E-state index in [-0.39, 0.29) is 0 Å². The highest BCUT2D eigenvalue weighted by molar-refractivity contribution is 7.99. The van der Waals surface area contributed by atoms with Crippen molar-refractivity contribution in [3.8, 4) is 0 Å². The predicted molar refractivity (Wildman–Crippen MR) is 67.0 cm³/mol. The number of hydrogen-bond donors (Lipinski definition) is 1. The van der Waals surface area contributed by atoms with Crippen LogP contribution in [0.5, 0.6) is 0 Å². The van der Waals surface area contributed by atoms with Gasteiger partial charge in [-0.2, -0.15) is 11.8 Å². The standard InChI is InChI=1S/C12H25NS/c1-10(14-4)6-8-13-11-5-7-12(2,3)9-11/h10-11,13H,5-9H2,1-4H3. The van der Waals surface area contributed by atoms with Crippen molar-refractivity contribution in [2.45, 2.75) is 57.7 Å². The summed E-state index contributed by atoms with van der Waals surface area (Å²) in [6, 6.07) is 0.791. The highest BCUT2D eigenvalue weighted by atomic mass is 32.2. The lowest BCUT2D eigenvalue weighted by atomic mass is 9.92. The molecule has 1 N–H and O–H groups in total. The zero-order valence-corrected chi connectivity index (χ0v) is 10.9. The molecule has 1 nitrogen and oxygen atoms in total. The second-order valence-electron chi connectivity index (χ2n) is 5.39. The third-order valence-corrected chi connectivity index (χ3v) is 4.40. The van der Waals surface area contributed by atoms with E-state index in [9.17, 15) is 0 Å². The van der Waals surface area contributed by atoms with Crippen molar-refractivity contribution in [1.82, 2.24) is 5.32 Å². The van der Waals surface area contributed by atoms with Crippen LogP contribution in [0.15, 0.2) is 0 Å². The van der Waals surface area contributed by atoms with E-state index in [0.717, 1.165) is 11.3 Å². The van der Waals surface area contributed by atoms with Gasteiger partial charge in [-0.15, -0.1) is 0 Å². The van der Waals surface area contributed by atoms with Crippen molar-refractivity contribution < 1.29 is 0 Å². The molecule has 0 aromatic carbocycles. The van der Waals surface area contributed by atoms with Crippen molar-refractivity contribution in [2.24, 2.45) is 5.41 Å². The van der Waals surface area contributed by atoms with Crippen molar-refractivity contribution in [1.29, 1.82) is 0 Å². The molecule has 0 spiro atoms. The van der Waals surface area contributed by atoms with Crippen molar-refractivity contribution >= 4 is 11.8 Å². The Bertz CT molecular complexity index is 168. The van der Waals surface area contributed by atoms with Crippen LogP contribution in [0.4, 0.5) is 0 Å². The van der Waals surface area contributed by atoms with Crippen LogP contribution >= 0.6 is 11.8 Å². The Morgan fingerprint density at radius 1 is 1.50 bits per heavy atom. The van der Waals surface area contributed by atoms with E-state index in [0.29, 0.717) is 5.41 Å². The third-order valence-electron chi connectivity index (χ3n) is 3.35. The summed E-state index contributed by atoms with van der Waals surface area (Å²) in [6.07, 6.45) is 7.63. The molecule has 1 rings (SSSR count). The van der Waals surface area contributed by atoms with E-state index in [1.165, 1.54) is 32.2 Å². The molecule has 0 bridgehead atoms. The van der Waals surface area contributed by atoms with Crippen molar-refractivity contribution in [2.75, 3.05) is 12.8 Å². The van der Waals surface area contributed by atoms with Gasteiger partial charge in [-0.3, -0.25) is 0 Å². The second-order valence-corrected chi connectivity index (χ2v) is 6.67. The molecule has 0 aliphatic heterocycles. The van der Waals surface area contributed by atoms with E-state index < -0.39 is 0 Å². The fourth-order valence-corrected chi connectivity index (χ4v) is 2.57. The summed E-state index contributed by atoms with van der Waals surface area (Å²) >= 11 is 1.97. The van der Waals surface area contributed by atoms with Gasteiger partial charge in [0.1, 0.15) is 0 Å². The normalized spacial score (nSPS) is 27.9. The average molecular weight is 215 g/mol. The van der Waals surface area contributed by atoms with Gasteiger partial charge < -0.3 is 5.32 Å². The largest absolute Gasteiger partial charge is 0.314 e. The number of nitrogens with one attached hydrogen (secondary N) is 1. The fourth-order valence-electron chi connectivity index (χ4n) is 2.22. The quantitative estimate of drug-likeness (QED) is 0.755. The molecule has 1 aliphatic rings. The molecule has 0 aromatic rings. The van der Waals surface area contributed by atoms with Crippen LogP contribution in [0.1, 0.15) is 46.5 Å². The zero-order valence-electron chi connectivity index (χ0n) is 10.1. The Morgan fingerprint density at radius 2 is 2.21 bits per heavy atom. The molecule has 0 saturated heterocycles. The summed E-state index contributed by atoms with van der Waals surface area (Å²) in [7, 11) is 0. The molecular formula is C12H25NS. The van der Waals surface area contributed by atoms with Crippen molar-refractivity contribution in [3.63, 3.8) is 0 Å². The lowest BCUT2D eigenvalue weighted by Gasteiger charge is -2.18. The first kappa shape index (κ1) is 12.4. The number of hydrogen-bond acceptors (Lipinski definition) is 2. The molecule has 2 unspecified atom stereocenters. The molecule has 84 valence electrons. The van der Waals surface area contributed by atoms with Gasteiger partial charge in [0, 0.05) is 11.3 Å². The van der Waals surface area contributed by atoms with Crippen LogP contribution in [0.3, 0.4) is 0 Å². The average Bonchev–Trinajstić information content (AvgIpc) is 2.45. The Balaban J connectivity index is 2.09. The van der Waals surface area contributed by atoms with E-state index in [1.54, 1.807) is 0 Å². The summed E-state index contributed by atoms with van der Waals surface area (Å²) in [5, 5.41) is 4.49. The highest BCUT2D eigenvalue weighted by Gasteiger charge is 2.30. The zero-order chi connectivity index (χ0) is 10.6. The molecule has 0 heterocycles. The van der Waals surface area contributed by atoms with E-state index in [2.05, 4.69) is 32.3 Å². The molecule has 14 heavy (non-hydrogen) atoms. The monoisotopic (exact) mass is 215 g/mol. The summed E-state index contributed by atoms with van der Waals surface area (Å²) in [5.41, 5.74) is 0.586. The fraction of sp³-hybridized carbons (Fsp3) is 1.00. The third kappa shape index (κ3) is 4.22. The minimum absolute atomic E-state index is 0.586. The first-order chi connectivity index (χ1) is 6.53. The topological polar surface area (TPSA) is 12.0 Å². The SMILES string of the molecule is CSC(C)CCNC1CCC(C)(C)C1. The Labute approximate surface area is 93.4 Å². The van der Waals surface area contributed by atoms with Gasteiger partial charge in [-0.25, -0.2) is 0 Å². The van der Waals surface area contributed by atoms with Crippen LogP contribution in [0, 0.1) is 5.41 Å². The first-order valence-electron chi connectivity index (χ1n) is 5.80. The number of rotatable bonds is 5. The molecule has 0 amide bonds. The summed E-state index contributed by atoms with van der Waals surface area (Å²) in [6.45, 7) is 8.28. The van der Waals surface area contributed by atoms with E-state index in [1.807, 2.05) is 11.8 Å². The van der Waals surface area contributed by atoms with E-state index in [4.69, 9.17) is 0 Å². The molecule has 0 aromatic heterocycles. The van der Waals surface area contributed by atoms with Crippen LogP contribution in [0.25, 0.3) is 0 Å². The van der Waals surface area contributed by atoms with Gasteiger partial charge in [0.2, 0.25) is 0 Å². The van der Waals surface area contributed by atoms with Gasteiger partial charge in [0.05, 0.1) is 0 Å². The molecule has 1 aliphatic carbocycles.